The number of amides is 1. The molecule has 4 heteroatoms. The first kappa shape index (κ1) is 12.4. The van der Waals surface area contributed by atoms with Crippen molar-refractivity contribution in [2.75, 3.05) is 5.32 Å². The van der Waals surface area contributed by atoms with Gasteiger partial charge in [0.25, 0.3) is 0 Å². The van der Waals surface area contributed by atoms with E-state index >= 15 is 0 Å². The Balaban J connectivity index is 1.91. The molecular formula is C13H17ClN2O. The molecule has 2 atom stereocenters. The Labute approximate surface area is 106 Å². The number of nitrogens with one attached hydrogen (secondary N) is 1. The average Bonchev–Trinajstić information content (AvgIpc) is 2.68. The van der Waals surface area contributed by atoms with Gasteiger partial charge in [0, 0.05) is 12.5 Å². The molecule has 0 aliphatic heterocycles. The smallest absolute Gasteiger partial charge is 0.224 e. The summed E-state index contributed by atoms with van der Waals surface area (Å²) in [5.41, 5.74) is 6.62. The molecule has 1 fully saturated rings. The molecule has 92 valence electrons. The van der Waals surface area contributed by atoms with E-state index in [1.54, 1.807) is 12.1 Å². The van der Waals surface area contributed by atoms with Crippen molar-refractivity contribution < 1.29 is 4.79 Å². The highest BCUT2D eigenvalue weighted by Gasteiger charge is 2.26. The van der Waals surface area contributed by atoms with Crippen LogP contribution in [0.2, 0.25) is 5.02 Å². The summed E-state index contributed by atoms with van der Waals surface area (Å²) in [7, 11) is 0. The minimum absolute atomic E-state index is 0.000417. The Morgan fingerprint density at radius 1 is 1.41 bits per heavy atom. The van der Waals surface area contributed by atoms with Crippen LogP contribution in [0.3, 0.4) is 0 Å². The molecular weight excluding hydrogens is 236 g/mol. The fourth-order valence-corrected chi connectivity index (χ4v) is 2.50. The van der Waals surface area contributed by atoms with Crippen molar-refractivity contribution in [3.05, 3.63) is 29.3 Å². The molecule has 0 saturated heterocycles. The number of hydrogen-bond acceptors (Lipinski definition) is 2. The van der Waals surface area contributed by atoms with Gasteiger partial charge < -0.3 is 11.1 Å². The predicted molar refractivity (Wildman–Crippen MR) is 70.0 cm³/mol. The summed E-state index contributed by atoms with van der Waals surface area (Å²) >= 11 is 5.97. The van der Waals surface area contributed by atoms with Crippen molar-refractivity contribution in [3.63, 3.8) is 0 Å². The van der Waals surface area contributed by atoms with Gasteiger partial charge in [0.05, 0.1) is 10.7 Å². The second kappa shape index (κ2) is 5.52. The first-order chi connectivity index (χ1) is 8.16. The average molecular weight is 253 g/mol. The summed E-state index contributed by atoms with van der Waals surface area (Å²) < 4.78 is 0. The van der Waals surface area contributed by atoms with Gasteiger partial charge in [0.2, 0.25) is 5.91 Å². The minimum atomic E-state index is 0.000417. The molecule has 0 aromatic heterocycles. The lowest BCUT2D eigenvalue weighted by molar-refractivity contribution is -0.117. The second-order valence-electron chi connectivity index (χ2n) is 4.59. The van der Waals surface area contributed by atoms with Crippen LogP contribution in [-0.4, -0.2) is 11.9 Å². The summed E-state index contributed by atoms with van der Waals surface area (Å²) in [5.74, 6) is 0.318. The number of carbonyl (C=O) groups excluding carboxylic acids is 1. The van der Waals surface area contributed by atoms with Crippen molar-refractivity contribution in [2.24, 2.45) is 11.7 Å². The van der Waals surface area contributed by atoms with Crippen molar-refractivity contribution in [3.8, 4) is 0 Å². The molecule has 3 N–H and O–H groups in total. The molecule has 3 nitrogen and oxygen atoms in total. The lowest BCUT2D eigenvalue weighted by atomic mass is 10.00. The summed E-state index contributed by atoms with van der Waals surface area (Å²) in [6, 6.07) is 7.42. The van der Waals surface area contributed by atoms with Crippen LogP contribution >= 0.6 is 11.6 Å². The number of para-hydroxylation sites is 1. The molecule has 1 amide bonds. The molecule has 1 aliphatic carbocycles. The molecule has 1 aromatic rings. The van der Waals surface area contributed by atoms with Gasteiger partial charge in [-0.05, 0) is 30.9 Å². The number of halogens is 1. The number of benzene rings is 1. The fourth-order valence-electron chi connectivity index (χ4n) is 2.32. The summed E-state index contributed by atoms with van der Waals surface area (Å²) in [6.45, 7) is 0. The predicted octanol–water partition coefficient (Wildman–Crippen LogP) is 2.80. The second-order valence-corrected chi connectivity index (χ2v) is 4.99. The van der Waals surface area contributed by atoms with Crippen LogP contribution in [0.4, 0.5) is 5.69 Å². The van der Waals surface area contributed by atoms with E-state index in [0.29, 0.717) is 23.0 Å². The fraction of sp³-hybridized carbons (Fsp3) is 0.462. The van der Waals surface area contributed by atoms with Gasteiger partial charge in [-0.25, -0.2) is 0 Å². The van der Waals surface area contributed by atoms with E-state index in [2.05, 4.69) is 5.32 Å². The van der Waals surface area contributed by atoms with Crippen LogP contribution in [0.1, 0.15) is 25.7 Å². The van der Waals surface area contributed by atoms with Crippen molar-refractivity contribution in [2.45, 2.75) is 31.7 Å². The zero-order valence-electron chi connectivity index (χ0n) is 9.66. The summed E-state index contributed by atoms with van der Waals surface area (Å²) in [6.07, 6.45) is 3.71. The largest absolute Gasteiger partial charge is 0.327 e. The number of rotatable bonds is 3. The van der Waals surface area contributed by atoms with E-state index < -0.39 is 0 Å². The topological polar surface area (TPSA) is 55.1 Å². The highest BCUT2D eigenvalue weighted by Crippen LogP contribution is 2.28. The molecule has 0 heterocycles. The van der Waals surface area contributed by atoms with Crippen molar-refractivity contribution in [1.82, 2.24) is 0 Å². The molecule has 0 unspecified atom stereocenters. The van der Waals surface area contributed by atoms with Gasteiger partial charge in [0.1, 0.15) is 0 Å². The van der Waals surface area contributed by atoms with Crippen molar-refractivity contribution >= 4 is 23.2 Å². The third kappa shape index (κ3) is 3.20. The first-order valence-electron chi connectivity index (χ1n) is 5.97. The van der Waals surface area contributed by atoms with Gasteiger partial charge in [-0.3, -0.25) is 4.79 Å². The van der Waals surface area contributed by atoms with Crippen LogP contribution in [0.25, 0.3) is 0 Å². The summed E-state index contributed by atoms with van der Waals surface area (Å²) in [5, 5.41) is 3.40. The minimum Gasteiger partial charge on any atom is -0.327 e. The van der Waals surface area contributed by atoms with Crippen LogP contribution in [0.15, 0.2) is 24.3 Å². The van der Waals surface area contributed by atoms with Crippen LogP contribution in [0, 0.1) is 5.92 Å². The third-order valence-corrected chi connectivity index (χ3v) is 3.64. The maximum absolute atomic E-state index is 11.8. The summed E-state index contributed by atoms with van der Waals surface area (Å²) in [4.78, 5) is 11.8. The quantitative estimate of drug-likeness (QED) is 0.869. The van der Waals surface area contributed by atoms with Gasteiger partial charge in [0.15, 0.2) is 0 Å². The van der Waals surface area contributed by atoms with Gasteiger partial charge in [-0.2, -0.15) is 0 Å². The van der Waals surface area contributed by atoms with E-state index in [0.717, 1.165) is 19.3 Å². The van der Waals surface area contributed by atoms with E-state index in [-0.39, 0.29) is 11.9 Å². The molecule has 0 spiro atoms. The SMILES string of the molecule is N[C@@H]1CCC[C@H]1CC(=O)Nc1ccccc1Cl. The third-order valence-electron chi connectivity index (χ3n) is 3.31. The Bertz CT molecular complexity index is 408. The van der Waals surface area contributed by atoms with Gasteiger partial charge in [-0.15, -0.1) is 0 Å². The zero-order valence-corrected chi connectivity index (χ0v) is 10.4. The van der Waals surface area contributed by atoms with Gasteiger partial charge >= 0.3 is 0 Å². The number of hydrogen-bond donors (Lipinski definition) is 2. The highest BCUT2D eigenvalue weighted by atomic mass is 35.5. The van der Waals surface area contributed by atoms with Crippen LogP contribution in [0.5, 0.6) is 0 Å². The van der Waals surface area contributed by atoms with Gasteiger partial charge in [-0.1, -0.05) is 30.2 Å². The molecule has 2 rings (SSSR count). The first-order valence-corrected chi connectivity index (χ1v) is 6.34. The molecule has 0 bridgehead atoms. The molecule has 1 aliphatic rings. The number of anilines is 1. The number of nitrogens with two attached hydrogens (primary N) is 1. The monoisotopic (exact) mass is 252 g/mol. The Morgan fingerprint density at radius 3 is 2.82 bits per heavy atom. The standard InChI is InChI=1S/C13H17ClN2O/c14-10-5-1-2-7-12(10)16-13(17)8-9-4-3-6-11(9)15/h1-2,5,7,9,11H,3-4,6,8,15H2,(H,16,17)/t9-,11+/m0/s1. The maximum Gasteiger partial charge on any atom is 0.224 e. The lowest BCUT2D eigenvalue weighted by Gasteiger charge is -2.15. The maximum atomic E-state index is 11.8. The molecule has 1 saturated carbocycles. The van der Waals surface area contributed by atoms with E-state index in [4.69, 9.17) is 17.3 Å². The Kier molecular flexibility index (Phi) is 4.02. The van der Waals surface area contributed by atoms with Crippen molar-refractivity contribution in [1.29, 1.82) is 0 Å². The van der Waals surface area contributed by atoms with Crippen LogP contribution in [-0.2, 0) is 4.79 Å². The van der Waals surface area contributed by atoms with E-state index in [1.807, 2.05) is 12.1 Å². The Morgan fingerprint density at radius 2 is 2.18 bits per heavy atom. The van der Waals surface area contributed by atoms with Crippen LogP contribution < -0.4 is 11.1 Å². The lowest BCUT2D eigenvalue weighted by Crippen LogP contribution is -2.28. The van der Waals surface area contributed by atoms with E-state index in [9.17, 15) is 4.79 Å². The van der Waals surface area contributed by atoms with E-state index in [1.165, 1.54) is 0 Å². The molecule has 0 radical (unpaired) electrons. The molecule has 17 heavy (non-hydrogen) atoms. The number of carbonyl (C=O) groups is 1. The molecule has 1 aromatic carbocycles. The Hall–Kier alpha value is -1.06. The zero-order chi connectivity index (χ0) is 12.3. The normalized spacial score (nSPS) is 23.6. The highest BCUT2D eigenvalue weighted by molar-refractivity contribution is 6.33.